The Morgan fingerprint density at radius 1 is 0.818 bits per heavy atom. The molecule has 3 heteroatoms. The Balaban J connectivity index is -0.0000000564. The first-order valence-corrected chi connectivity index (χ1v) is 3.86. The van der Waals surface area contributed by atoms with E-state index in [9.17, 15) is 0 Å². The molecule has 0 rings (SSSR count). The predicted octanol–water partition coefficient (Wildman–Crippen LogP) is -0.588. The molecule has 0 saturated carbocycles. The molecule has 0 aromatic heterocycles. The Kier molecular flexibility index (Phi) is 63.2. The maximum atomic E-state index is 7.00. The summed E-state index contributed by atoms with van der Waals surface area (Å²) in [6.45, 7) is 4.49. The number of unbranched alkanes of at least 4 members (excludes halogenated alkanes) is 4. The number of hydrogen-bond donors (Lipinski definition) is 1. The average Bonchev–Trinajstić information content (AvgIpc) is 1.94. The smallest absolute Gasteiger partial charge is 0.870 e. The molecule has 0 amide bonds. The molecule has 0 saturated heterocycles. The quantitative estimate of drug-likeness (QED) is 0.455. The topological polar surface area (TPSA) is 50.2 Å². The van der Waals surface area contributed by atoms with Crippen LogP contribution in [0.5, 0.6) is 0 Å². The van der Waals surface area contributed by atoms with Gasteiger partial charge in [0.15, 0.2) is 0 Å². The molecule has 0 bridgehead atoms. The zero-order chi connectivity index (χ0) is 7.54. The van der Waals surface area contributed by atoms with E-state index >= 15 is 0 Å². The van der Waals surface area contributed by atoms with Crippen LogP contribution in [-0.2, 0) is 0 Å². The Bertz CT molecular complexity index is 31.3. The summed E-state index contributed by atoms with van der Waals surface area (Å²) in [5.74, 6) is 0. The molecule has 0 aromatic rings. The van der Waals surface area contributed by atoms with Crippen molar-refractivity contribution in [1.29, 1.82) is 0 Å². The van der Waals surface area contributed by atoms with E-state index in [1.54, 1.807) is 0 Å². The van der Waals surface area contributed by atoms with Crippen molar-refractivity contribution in [1.82, 2.24) is 0 Å². The molecule has 0 atom stereocenters. The summed E-state index contributed by atoms with van der Waals surface area (Å²) in [5, 5.41) is 7.00. The van der Waals surface area contributed by atoms with Crippen LogP contribution >= 0.6 is 0 Å². The van der Waals surface area contributed by atoms with Crippen molar-refractivity contribution >= 4 is 0 Å². The van der Waals surface area contributed by atoms with Crippen LogP contribution in [0.15, 0.2) is 0 Å². The minimum atomic E-state index is 0. The van der Waals surface area contributed by atoms with Gasteiger partial charge in [0.1, 0.15) is 0 Å². The molecule has 0 aromatic carbocycles. The van der Waals surface area contributed by atoms with E-state index in [0.29, 0.717) is 0 Å². The van der Waals surface area contributed by atoms with Crippen molar-refractivity contribution in [2.45, 2.75) is 46.0 Å². The van der Waals surface area contributed by atoms with Gasteiger partial charge in [0, 0.05) is 7.11 Å². The SMILES string of the molecule is CCCCCCC.CO.[Na+].[OH-]. The normalized spacial score (nSPS) is 6.55. The van der Waals surface area contributed by atoms with E-state index in [1.807, 2.05) is 0 Å². The number of rotatable bonds is 4. The molecule has 0 radical (unpaired) electrons. The van der Waals surface area contributed by atoms with Crippen molar-refractivity contribution in [3.63, 3.8) is 0 Å². The number of aliphatic hydroxyl groups excluding tert-OH is 1. The van der Waals surface area contributed by atoms with E-state index in [1.165, 1.54) is 32.1 Å². The summed E-state index contributed by atoms with van der Waals surface area (Å²) in [4.78, 5) is 0. The van der Waals surface area contributed by atoms with Gasteiger partial charge in [-0.15, -0.1) is 0 Å². The molecule has 66 valence electrons. The minimum Gasteiger partial charge on any atom is -0.870 e. The van der Waals surface area contributed by atoms with E-state index < -0.39 is 0 Å². The van der Waals surface area contributed by atoms with Crippen LogP contribution in [-0.4, -0.2) is 17.7 Å². The second-order valence-corrected chi connectivity index (χ2v) is 2.06. The molecule has 0 fully saturated rings. The summed E-state index contributed by atoms with van der Waals surface area (Å²) in [6, 6.07) is 0. The van der Waals surface area contributed by atoms with Crippen LogP contribution in [0.4, 0.5) is 0 Å². The zero-order valence-electron chi connectivity index (χ0n) is 8.43. The molecule has 0 aliphatic heterocycles. The molecule has 0 heterocycles. The third kappa shape index (κ3) is 35.9. The van der Waals surface area contributed by atoms with Crippen molar-refractivity contribution in [3.8, 4) is 0 Å². The first-order valence-electron chi connectivity index (χ1n) is 3.86. The van der Waals surface area contributed by atoms with Crippen LogP contribution in [0.25, 0.3) is 0 Å². The van der Waals surface area contributed by atoms with Gasteiger partial charge in [0.25, 0.3) is 0 Å². The fourth-order valence-electron chi connectivity index (χ4n) is 0.677. The molecule has 2 N–H and O–H groups in total. The third-order valence-electron chi connectivity index (χ3n) is 1.21. The van der Waals surface area contributed by atoms with E-state index in [-0.39, 0.29) is 35.0 Å². The molecule has 0 unspecified atom stereocenters. The second kappa shape index (κ2) is 30.7. The Morgan fingerprint density at radius 3 is 1.27 bits per heavy atom. The maximum absolute atomic E-state index is 7.00. The van der Waals surface area contributed by atoms with Crippen molar-refractivity contribution in [2.75, 3.05) is 7.11 Å². The summed E-state index contributed by atoms with van der Waals surface area (Å²) in [5.41, 5.74) is 0. The van der Waals surface area contributed by atoms with Gasteiger partial charge in [-0.25, -0.2) is 0 Å². The van der Waals surface area contributed by atoms with Gasteiger partial charge < -0.3 is 10.6 Å². The molecule has 0 aliphatic carbocycles. The van der Waals surface area contributed by atoms with Crippen molar-refractivity contribution < 1.29 is 40.1 Å². The largest absolute Gasteiger partial charge is 1.00 e. The average molecular weight is 172 g/mol. The number of aliphatic hydroxyl groups is 1. The third-order valence-corrected chi connectivity index (χ3v) is 1.21. The summed E-state index contributed by atoms with van der Waals surface area (Å²) < 4.78 is 0. The van der Waals surface area contributed by atoms with Gasteiger partial charge in [0.05, 0.1) is 0 Å². The molecular formula is C8H21NaO2. The van der Waals surface area contributed by atoms with Crippen molar-refractivity contribution in [3.05, 3.63) is 0 Å². The van der Waals surface area contributed by atoms with Gasteiger partial charge >= 0.3 is 29.6 Å². The number of hydrogen-bond acceptors (Lipinski definition) is 2. The van der Waals surface area contributed by atoms with Crippen LogP contribution in [0, 0.1) is 0 Å². The van der Waals surface area contributed by atoms with Gasteiger partial charge in [-0.05, 0) is 0 Å². The van der Waals surface area contributed by atoms with Crippen LogP contribution in [0.3, 0.4) is 0 Å². The van der Waals surface area contributed by atoms with Gasteiger partial charge in [-0.3, -0.25) is 0 Å². The summed E-state index contributed by atoms with van der Waals surface area (Å²) in [7, 11) is 1.00. The van der Waals surface area contributed by atoms with Crippen LogP contribution in [0.1, 0.15) is 46.0 Å². The molecule has 2 nitrogen and oxygen atoms in total. The standard InChI is InChI=1S/C7H16.CH4O.Na.H2O/c1-3-5-7-6-4-2;1-2;;/h3-7H2,1-2H3;2H,1H3;;1H2/q;;+1;/p-1. The predicted molar refractivity (Wildman–Crippen MR) is 44.5 cm³/mol. The monoisotopic (exact) mass is 172 g/mol. The van der Waals surface area contributed by atoms with Crippen LogP contribution in [0.2, 0.25) is 0 Å². The first kappa shape index (κ1) is 22.7. The summed E-state index contributed by atoms with van der Waals surface area (Å²) in [6.07, 6.45) is 7.01. The molecule has 0 spiro atoms. The molecular weight excluding hydrogens is 151 g/mol. The van der Waals surface area contributed by atoms with Gasteiger partial charge in [0.2, 0.25) is 0 Å². The Morgan fingerprint density at radius 2 is 1.09 bits per heavy atom. The van der Waals surface area contributed by atoms with E-state index in [4.69, 9.17) is 5.11 Å². The maximum Gasteiger partial charge on any atom is 1.00 e. The van der Waals surface area contributed by atoms with Crippen LogP contribution < -0.4 is 29.6 Å². The second-order valence-electron chi connectivity index (χ2n) is 2.06. The summed E-state index contributed by atoms with van der Waals surface area (Å²) >= 11 is 0. The Hall–Kier alpha value is 0.920. The van der Waals surface area contributed by atoms with E-state index in [0.717, 1.165) is 7.11 Å². The fraction of sp³-hybridized carbons (Fsp3) is 1.00. The van der Waals surface area contributed by atoms with E-state index in [2.05, 4.69) is 13.8 Å². The minimum absolute atomic E-state index is 0. The Labute approximate surface area is 93.0 Å². The van der Waals surface area contributed by atoms with Gasteiger partial charge in [-0.2, -0.15) is 0 Å². The fourth-order valence-corrected chi connectivity index (χ4v) is 0.677. The zero-order valence-corrected chi connectivity index (χ0v) is 10.4. The van der Waals surface area contributed by atoms with Gasteiger partial charge in [-0.1, -0.05) is 46.0 Å². The first-order chi connectivity index (χ1) is 4.41. The van der Waals surface area contributed by atoms with Crippen molar-refractivity contribution in [2.24, 2.45) is 0 Å². The molecule has 0 aliphatic rings. The molecule has 11 heavy (non-hydrogen) atoms.